The summed E-state index contributed by atoms with van der Waals surface area (Å²) in [7, 11) is 1.55. The lowest BCUT2D eigenvalue weighted by Gasteiger charge is -2.05. The van der Waals surface area contributed by atoms with Gasteiger partial charge < -0.3 is 9.15 Å². The molecule has 0 saturated heterocycles. The van der Waals surface area contributed by atoms with E-state index < -0.39 is 0 Å². The highest BCUT2D eigenvalue weighted by atomic mass is 32.1. The maximum Gasteiger partial charge on any atom is 0.162 e. The Morgan fingerprint density at radius 1 is 1.32 bits per heavy atom. The molecule has 19 heavy (non-hydrogen) atoms. The van der Waals surface area contributed by atoms with Crippen molar-refractivity contribution in [3.8, 4) is 27.8 Å². The predicted molar refractivity (Wildman–Crippen MR) is 71.8 cm³/mol. The van der Waals surface area contributed by atoms with Crippen LogP contribution in [0.15, 0.2) is 46.4 Å². The van der Waals surface area contributed by atoms with Gasteiger partial charge in [0.05, 0.1) is 19.1 Å². The lowest BCUT2D eigenvalue weighted by atomic mass is 10.1. The van der Waals surface area contributed by atoms with Gasteiger partial charge in [0.1, 0.15) is 11.6 Å². The van der Waals surface area contributed by atoms with Crippen molar-refractivity contribution in [3.05, 3.63) is 47.8 Å². The molecule has 0 aliphatic carbocycles. The number of thiazole rings is 1. The van der Waals surface area contributed by atoms with Crippen LogP contribution in [0.3, 0.4) is 0 Å². The Morgan fingerprint density at radius 2 is 2.21 bits per heavy atom. The van der Waals surface area contributed by atoms with Gasteiger partial charge in [0, 0.05) is 10.9 Å². The standard InChI is InChI=1S/C14H10FNO2S/c1-17-12-5-4-9(15)7-10(12)11-8-19-14(16-11)13-3-2-6-18-13/h2-8H,1H3. The fourth-order valence-electron chi connectivity index (χ4n) is 1.79. The maximum atomic E-state index is 13.4. The highest BCUT2D eigenvalue weighted by Gasteiger charge is 2.13. The number of rotatable bonds is 3. The molecular weight excluding hydrogens is 265 g/mol. The predicted octanol–water partition coefficient (Wildman–Crippen LogP) is 4.22. The minimum absolute atomic E-state index is 0.316. The number of halogens is 1. The molecule has 0 spiro atoms. The van der Waals surface area contributed by atoms with E-state index in [1.807, 2.05) is 11.4 Å². The molecule has 3 aromatic rings. The maximum absolute atomic E-state index is 13.4. The van der Waals surface area contributed by atoms with Crippen molar-refractivity contribution in [2.24, 2.45) is 0 Å². The topological polar surface area (TPSA) is 35.3 Å². The second kappa shape index (κ2) is 4.85. The van der Waals surface area contributed by atoms with Crippen LogP contribution in [0.2, 0.25) is 0 Å². The van der Waals surface area contributed by atoms with E-state index in [2.05, 4.69) is 4.98 Å². The van der Waals surface area contributed by atoms with Gasteiger partial charge in [-0.25, -0.2) is 9.37 Å². The Morgan fingerprint density at radius 3 is 2.95 bits per heavy atom. The summed E-state index contributed by atoms with van der Waals surface area (Å²) in [5.74, 6) is 0.979. The van der Waals surface area contributed by atoms with E-state index in [0.717, 1.165) is 5.01 Å². The van der Waals surface area contributed by atoms with Crippen molar-refractivity contribution in [3.63, 3.8) is 0 Å². The number of ether oxygens (including phenoxy) is 1. The fraction of sp³-hybridized carbons (Fsp3) is 0.0714. The van der Waals surface area contributed by atoms with Gasteiger partial charge in [0.2, 0.25) is 0 Å². The van der Waals surface area contributed by atoms with Crippen LogP contribution in [-0.2, 0) is 0 Å². The quantitative estimate of drug-likeness (QED) is 0.718. The second-order valence-electron chi connectivity index (χ2n) is 3.86. The van der Waals surface area contributed by atoms with Crippen LogP contribution in [0.1, 0.15) is 0 Å². The van der Waals surface area contributed by atoms with Crippen LogP contribution in [0.25, 0.3) is 22.0 Å². The highest BCUT2D eigenvalue weighted by molar-refractivity contribution is 7.13. The normalized spacial score (nSPS) is 10.6. The van der Waals surface area contributed by atoms with Crippen molar-refractivity contribution >= 4 is 11.3 Å². The van der Waals surface area contributed by atoms with Gasteiger partial charge in [-0.05, 0) is 30.3 Å². The van der Waals surface area contributed by atoms with Crippen LogP contribution >= 0.6 is 11.3 Å². The van der Waals surface area contributed by atoms with Gasteiger partial charge in [0.15, 0.2) is 10.8 Å². The van der Waals surface area contributed by atoms with E-state index in [0.29, 0.717) is 22.8 Å². The van der Waals surface area contributed by atoms with Crippen LogP contribution in [0, 0.1) is 5.82 Å². The van der Waals surface area contributed by atoms with E-state index in [1.165, 1.54) is 23.5 Å². The smallest absolute Gasteiger partial charge is 0.162 e. The first kappa shape index (κ1) is 11.9. The largest absolute Gasteiger partial charge is 0.496 e. The lowest BCUT2D eigenvalue weighted by Crippen LogP contribution is -1.89. The summed E-state index contributed by atoms with van der Waals surface area (Å²) in [6.45, 7) is 0. The number of furan rings is 1. The zero-order chi connectivity index (χ0) is 13.2. The van der Waals surface area contributed by atoms with Crippen molar-refractivity contribution in [2.45, 2.75) is 0 Å². The number of benzene rings is 1. The summed E-state index contributed by atoms with van der Waals surface area (Å²) in [6, 6.07) is 8.02. The number of nitrogens with zero attached hydrogens (tertiary/aromatic N) is 1. The van der Waals surface area contributed by atoms with E-state index in [1.54, 1.807) is 25.5 Å². The Bertz CT molecular complexity index is 691. The van der Waals surface area contributed by atoms with Gasteiger partial charge in [-0.3, -0.25) is 0 Å². The van der Waals surface area contributed by atoms with Gasteiger partial charge >= 0.3 is 0 Å². The number of methoxy groups -OCH3 is 1. The van der Waals surface area contributed by atoms with Crippen molar-refractivity contribution in [1.82, 2.24) is 4.98 Å². The van der Waals surface area contributed by atoms with Crippen LogP contribution in [-0.4, -0.2) is 12.1 Å². The van der Waals surface area contributed by atoms with E-state index in [9.17, 15) is 4.39 Å². The first-order valence-electron chi connectivity index (χ1n) is 5.61. The molecule has 0 N–H and O–H groups in total. The van der Waals surface area contributed by atoms with Gasteiger partial charge in [-0.2, -0.15) is 0 Å². The van der Waals surface area contributed by atoms with Crippen LogP contribution in [0.4, 0.5) is 4.39 Å². The van der Waals surface area contributed by atoms with Crippen molar-refractivity contribution in [1.29, 1.82) is 0 Å². The minimum Gasteiger partial charge on any atom is -0.496 e. The Hall–Kier alpha value is -2.14. The van der Waals surface area contributed by atoms with Gasteiger partial charge in [0.25, 0.3) is 0 Å². The molecule has 3 rings (SSSR count). The molecule has 0 radical (unpaired) electrons. The molecule has 0 unspecified atom stereocenters. The third-order valence-corrected chi connectivity index (χ3v) is 3.53. The van der Waals surface area contributed by atoms with Crippen LogP contribution in [0.5, 0.6) is 5.75 Å². The van der Waals surface area contributed by atoms with Crippen molar-refractivity contribution in [2.75, 3.05) is 7.11 Å². The third kappa shape index (κ3) is 2.24. The molecule has 96 valence electrons. The molecule has 0 aliphatic rings. The summed E-state index contributed by atoms with van der Waals surface area (Å²) in [6.07, 6.45) is 1.60. The number of hydrogen-bond acceptors (Lipinski definition) is 4. The summed E-state index contributed by atoms with van der Waals surface area (Å²) < 4.78 is 23.9. The molecule has 0 amide bonds. The first-order valence-corrected chi connectivity index (χ1v) is 6.49. The molecule has 5 heteroatoms. The zero-order valence-electron chi connectivity index (χ0n) is 10.1. The summed E-state index contributed by atoms with van der Waals surface area (Å²) in [5.41, 5.74) is 1.31. The lowest BCUT2D eigenvalue weighted by molar-refractivity contribution is 0.415. The minimum atomic E-state index is -0.316. The fourth-order valence-corrected chi connectivity index (χ4v) is 2.58. The van der Waals surface area contributed by atoms with Gasteiger partial charge in [-0.15, -0.1) is 11.3 Å². The molecule has 0 aliphatic heterocycles. The highest BCUT2D eigenvalue weighted by Crippen LogP contribution is 2.34. The molecule has 1 aromatic carbocycles. The number of aromatic nitrogens is 1. The Labute approximate surface area is 113 Å². The van der Waals surface area contributed by atoms with E-state index in [4.69, 9.17) is 9.15 Å². The molecule has 0 saturated carbocycles. The Balaban J connectivity index is 2.06. The molecule has 0 fully saturated rings. The zero-order valence-corrected chi connectivity index (χ0v) is 10.9. The third-order valence-electron chi connectivity index (χ3n) is 2.67. The Kier molecular flexibility index (Phi) is 3.05. The summed E-state index contributed by atoms with van der Waals surface area (Å²) in [4.78, 5) is 4.45. The second-order valence-corrected chi connectivity index (χ2v) is 4.72. The average molecular weight is 275 g/mol. The number of hydrogen-bond donors (Lipinski definition) is 0. The molecule has 2 aromatic heterocycles. The monoisotopic (exact) mass is 275 g/mol. The van der Waals surface area contributed by atoms with E-state index >= 15 is 0 Å². The van der Waals surface area contributed by atoms with Crippen molar-refractivity contribution < 1.29 is 13.5 Å². The molecule has 0 bridgehead atoms. The van der Waals surface area contributed by atoms with Crippen LogP contribution < -0.4 is 4.74 Å². The van der Waals surface area contributed by atoms with E-state index in [-0.39, 0.29) is 5.82 Å². The SMILES string of the molecule is COc1ccc(F)cc1-c1csc(-c2ccco2)n1. The molecule has 3 nitrogen and oxygen atoms in total. The van der Waals surface area contributed by atoms with Gasteiger partial charge in [-0.1, -0.05) is 0 Å². The first-order chi connectivity index (χ1) is 9.28. The summed E-state index contributed by atoms with van der Waals surface area (Å²) in [5, 5.41) is 2.61. The average Bonchev–Trinajstić information content (AvgIpc) is 3.09. The molecular formula is C14H10FNO2S. The summed E-state index contributed by atoms with van der Waals surface area (Å²) >= 11 is 1.44. The molecule has 0 atom stereocenters. The molecule has 2 heterocycles.